The van der Waals surface area contributed by atoms with Gasteiger partial charge in [-0.05, 0) is 31.9 Å². The summed E-state index contributed by atoms with van der Waals surface area (Å²) in [6.07, 6.45) is 1.42. The lowest BCUT2D eigenvalue weighted by Gasteiger charge is -2.32. The van der Waals surface area contributed by atoms with Gasteiger partial charge in [0.1, 0.15) is 11.4 Å². The summed E-state index contributed by atoms with van der Waals surface area (Å²) in [6.45, 7) is 3.49. The fraction of sp³-hybridized carbons (Fsp3) is 0.429. The van der Waals surface area contributed by atoms with Crippen molar-refractivity contribution in [2.45, 2.75) is 19.8 Å². The van der Waals surface area contributed by atoms with E-state index < -0.39 is 0 Å². The van der Waals surface area contributed by atoms with E-state index in [1.54, 1.807) is 36.9 Å². The molecule has 0 aliphatic carbocycles. The first-order valence-corrected chi connectivity index (χ1v) is 11.0. The Balaban J connectivity index is 1.70. The van der Waals surface area contributed by atoms with E-state index in [0.717, 1.165) is 0 Å². The van der Waals surface area contributed by atoms with Crippen LogP contribution in [0.3, 0.4) is 0 Å². The first kappa shape index (κ1) is 23.5. The minimum absolute atomic E-state index is 0.0203. The second kappa shape index (κ2) is 9.97. The number of esters is 1. The molecule has 1 aliphatic heterocycles. The monoisotopic (exact) mass is 482 g/mol. The number of benzene rings is 1. The number of rotatable bonds is 5. The van der Waals surface area contributed by atoms with Crippen LogP contribution in [-0.4, -0.2) is 63.2 Å². The number of aromatic hydroxyl groups is 1. The molecule has 2 aromatic rings. The van der Waals surface area contributed by atoms with Crippen molar-refractivity contribution in [3.63, 3.8) is 0 Å². The summed E-state index contributed by atoms with van der Waals surface area (Å²) in [5, 5.41) is 16.0. The Labute approximate surface area is 196 Å². The number of carbonyl (C=O) groups is 1. The smallest absolute Gasteiger partial charge is 0.308 e. The van der Waals surface area contributed by atoms with Crippen molar-refractivity contribution in [2.75, 3.05) is 26.7 Å². The molecule has 1 aromatic heterocycles. The van der Waals surface area contributed by atoms with E-state index in [4.69, 9.17) is 40.2 Å². The van der Waals surface area contributed by atoms with E-state index in [1.807, 2.05) is 0 Å². The van der Waals surface area contributed by atoms with Gasteiger partial charge < -0.3 is 14.7 Å². The van der Waals surface area contributed by atoms with Crippen LogP contribution in [0, 0.1) is 5.92 Å². The molecule has 166 valence electrons. The molecule has 1 N–H and O–H groups in total. The van der Waals surface area contributed by atoms with Gasteiger partial charge >= 0.3 is 5.97 Å². The van der Waals surface area contributed by atoms with Crippen LogP contribution >= 0.6 is 35.4 Å². The SMILES string of the molecule is COC(=O)C1CCN(C(=S)CN=C(C)c2nn(C)c(-c3ccc(Cl)c(Cl)c3)c2O)CC1. The molecule has 0 radical (unpaired) electrons. The normalized spacial score (nSPS) is 15.3. The van der Waals surface area contributed by atoms with E-state index in [0.29, 0.717) is 70.2 Å². The first-order valence-electron chi connectivity index (χ1n) is 9.81. The molecule has 3 rings (SSSR count). The molecule has 0 bridgehead atoms. The van der Waals surface area contributed by atoms with Crippen molar-refractivity contribution >= 4 is 52.1 Å². The summed E-state index contributed by atoms with van der Waals surface area (Å²) >= 11 is 17.6. The molecule has 1 saturated heterocycles. The van der Waals surface area contributed by atoms with Gasteiger partial charge in [-0.2, -0.15) is 5.10 Å². The van der Waals surface area contributed by atoms with Crippen molar-refractivity contribution in [1.29, 1.82) is 0 Å². The quantitative estimate of drug-likeness (QED) is 0.392. The number of ether oxygens (including phenoxy) is 1. The molecule has 0 unspecified atom stereocenters. The van der Waals surface area contributed by atoms with Crippen LogP contribution in [0.15, 0.2) is 23.2 Å². The highest BCUT2D eigenvalue weighted by molar-refractivity contribution is 7.80. The molecule has 0 atom stereocenters. The van der Waals surface area contributed by atoms with Crippen molar-refractivity contribution < 1.29 is 14.6 Å². The predicted octanol–water partition coefficient (Wildman–Crippen LogP) is 4.12. The number of aromatic nitrogens is 2. The zero-order valence-electron chi connectivity index (χ0n) is 17.6. The van der Waals surface area contributed by atoms with Gasteiger partial charge in [-0.25, -0.2) is 0 Å². The summed E-state index contributed by atoms with van der Waals surface area (Å²) in [5.41, 5.74) is 2.18. The molecule has 0 amide bonds. The lowest BCUT2D eigenvalue weighted by Crippen LogP contribution is -2.40. The Morgan fingerprint density at radius 2 is 2.00 bits per heavy atom. The second-order valence-corrected chi connectivity index (χ2v) is 8.66. The topological polar surface area (TPSA) is 80.0 Å². The van der Waals surface area contributed by atoms with Crippen LogP contribution in [0.1, 0.15) is 25.5 Å². The van der Waals surface area contributed by atoms with Gasteiger partial charge in [-0.3, -0.25) is 14.5 Å². The number of carbonyl (C=O) groups excluding carboxylic acids is 1. The third kappa shape index (κ3) is 5.19. The summed E-state index contributed by atoms with van der Waals surface area (Å²) in [4.78, 5) is 19.0. The minimum atomic E-state index is -0.164. The van der Waals surface area contributed by atoms with Crippen molar-refractivity contribution in [2.24, 2.45) is 18.0 Å². The summed E-state index contributed by atoms with van der Waals surface area (Å²) < 4.78 is 6.40. The number of thiocarbonyl (C=S) groups is 1. The molecule has 10 heteroatoms. The average molecular weight is 483 g/mol. The molecule has 0 spiro atoms. The number of hydrogen-bond donors (Lipinski definition) is 1. The average Bonchev–Trinajstić information content (AvgIpc) is 3.07. The van der Waals surface area contributed by atoms with Crippen molar-refractivity contribution in [3.8, 4) is 17.0 Å². The number of hydrogen-bond acceptors (Lipinski definition) is 6. The van der Waals surface area contributed by atoms with Gasteiger partial charge in [-0.1, -0.05) is 41.5 Å². The molecule has 1 fully saturated rings. The van der Waals surface area contributed by atoms with E-state index in [9.17, 15) is 9.90 Å². The Morgan fingerprint density at radius 3 is 2.61 bits per heavy atom. The van der Waals surface area contributed by atoms with E-state index in [1.165, 1.54) is 7.11 Å². The molecule has 1 aliphatic rings. The van der Waals surface area contributed by atoms with E-state index >= 15 is 0 Å². The zero-order valence-corrected chi connectivity index (χ0v) is 19.9. The van der Waals surface area contributed by atoms with Gasteiger partial charge in [-0.15, -0.1) is 0 Å². The molecular formula is C21H24Cl2N4O3S. The highest BCUT2D eigenvalue weighted by Gasteiger charge is 2.26. The number of piperidine rings is 1. The summed E-state index contributed by atoms with van der Waals surface area (Å²) in [5.74, 6) is -0.214. The van der Waals surface area contributed by atoms with Crippen LogP contribution in [-0.2, 0) is 16.6 Å². The Kier molecular flexibility index (Phi) is 7.56. The fourth-order valence-electron chi connectivity index (χ4n) is 3.62. The maximum Gasteiger partial charge on any atom is 0.308 e. The molecule has 31 heavy (non-hydrogen) atoms. The molecule has 2 heterocycles. The van der Waals surface area contributed by atoms with Crippen LogP contribution in [0.5, 0.6) is 5.75 Å². The Morgan fingerprint density at radius 1 is 1.32 bits per heavy atom. The highest BCUT2D eigenvalue weighted by atomic mass is 35.5. The summed E-state index contributed by atoms with van der Waals surface area (Å²) in [7, 11) is 3.15. The fourth-order valence-corrected chi connectivity index (χ4v) is 4.16. The number of nitrogens with zero attached hydrogens (tertiary/aromatic N) is 4. The standard InChI is InChI=1S/C21H24Cl2N4O3S/c1-12(24-11-17(31)27-8-6-13(7-9-27)21(29)30-3)18-20(28)19(26(2)25-18)14-4-5-15(22)16(23)10-14/h4-5,10,13,28H,6-9,11H2,1-3H3. The minimum Gasteiger partial charge on any atom is -0.504 e. The van der Waals surface area contributed by atoms with Gasteiger partial charge in [0.25, 0.3) is 0 Å². The number of methoxy groups -OCH3 is 1. The maximum absolute atomic E-state index is 11.7. The number of aliphatic imine (C=N–C) groups is 1. The van der Waals surface area contributed by atoms with Gasteiger partial charge in [0.2, 0.25) is 0 Å². The van der Waals surface area contributed by atoms with Crippen LogP contribution in [0.25, 0.3) is 11.3 Å². The maximum atomic E-state index is 11.7. The Bertz CT molecular complexity index is 1030. The lowest BCUT2D eigenvalue weighted by atomic mass is 9.97. The number of likely N-dealkylation sites (tertiary alicyclic amines) is 1. The zero-order chi connectivity index (χ0) is 22.7. The summed E-state index contributed by atoms with van der Waals surface area (Å²) in [6, 6.07) is 5.13. The Hall–Kier alpha value is -2.16. The molecule has 1 aromatic carbocycles. The molecule has 0 saturated carbocycles. The van der Waals surface area contributed by atoms with E-state index in [2.05, 4.69) is 15.0 Å². The molecule has 7 nitrogen and oxygen atoms in total. The largest absolute Gasteiger partial charge is 0.504 e. The predicted molar refractivity (Wildman–Crippen MR) is 126 cm³/mol. The lowest BCUT2D eigenvalue weighted by molar-refractivity contribution is -0.146. The van der Waals surface area contributed by atoms with Gasteiger partial charge in [0.05, 0.1) is 40.3 Å². The number of aryl methyl sites for hydroxylation is 1. The van der Waals surface area contributed by atoms with Gasteiger partial charge in [0.15, 0.2) is 5.75 Å². The third-order valence-corrected chi connectivity index (χ3v) is 6.52. The highest BCUT2D eigenvalue weighted by Crippen LogP contribution is 2.35. The van der Waals surface area contributed by atoms with Gasteiger partial charge in [0, 0.05) is 25.7 Å². The molecular weight excluding hydrogens is 459 g/mol. The van der Waals surface area contributed by atoms with Crippen LogP contribution in [0.4, 0.5) is 0 Å². The second-order valence-electron chi connectivity index (χ2n) is 7.38. The van der Waals surface area contributed by atoms with Crippen LogP contribution < -0.4 is 0 Å². The van der Waals surface area contributed by atoms with Crippen molar-refractivity contribution in [3.05, 3.63) is 33.9 Å². The van der Waals surface area contributed by atoms with E-state index in [-0.39, 0.29) is 17.6 Å². The third-order valence-electron chi connectivity index (χ3n) is 5.39. The van der Waals surface area contributed by atoms with Crippen molar-refractivity contribution in [1.82, 2.24) is 14.7 Å². The first-order chi connectivity index (χ1) is 14.7. The van der Waals surface area contributed by atoms with Crippen LogP contribution in [0.2, 0.25) is 10.0 Å². The number of halogens is 2.